The fourth-order valence-corrected chi connectivity index (χ4v) is 4.39. The number of fused-ring (bicyclic) bond motifs is 1. The van der Waals surface area contributed by atoms with Gasteiger partial charge in [-0.3, -0.25) is 10.2 Å². The van der Waals surface area contributed by atoms with Gasteiger partial charge in [0.15, 0.2) is 21.5 Å². The smallest absolute Gasteiger partial charge is 0.175 e. The van der Waals surface area contributed by atoms with E-state index in [-0.39, 0.29) is 10.9 Å². The molecule has 8 nitrogen and oxygen atoms in total. The maximum absolute atomic E-state index is 11.9. The van der Waals surface area contributed by atoms with Crippen LogP contribution in [0.2, 0.25) is 0 Å². The summed E-state index contributed by atoms with van der Waals surface area (Å²) in [5.74, 6) is 1.48. The maximum atomic E-state index is 11.9. The normalized spacial score (nSPS) is 17.2. The van der Waals surface area contributed by atoms with E-state index in [2.05, 4.69) is 30.7 Å². The molecule has 3 heterocycles. The van der Waals surface area contributed by atoms with Crippen molar-refractivity contribution < 1.29 is 8.42 Å². The topological polar surface area (TPSA) is 116 Å². The first-order valence-electron chi connectivity index (χ1n) is 9.44. The Labute approximate surface area is 167 Å². The van der Waals surface area contributed by atoms with Crippen molar-refractivity contribution in [2.45, 2.75) is 23.8 Å². The van der Waals surface area contributed by atoms with E-state index in [1.165, 1.54) is 6.26 Å². The highest BCUT2D eigenvalue weighted by molar-refractivity contribution is 7.90. The average molecular weight is 408 g/mol. The van der Waals surface area contributed by atoms with E-state index in [1.807, 2.05) is 24.3 Å². The molecule has 2 aromatic heterocycles. The molecule has 3 N–H and O–H groups in total. The van der Waals surface area contributed by atoms with Crippen molar-refractivity contribution in [3.63, 3.8) is 0 Å². The van der Waals surface area contributed by atoms with Crippen LogP contribution in [-0.2, 0) is 9.84 Å². The average Bonchev–Trinajstić information content (AvgIpc) is 3.46. The van der Waals surface area contributed by atoms with E-state index in [1.54, 1.807) is 18.2 Å². The monoisotopic (exact) mass is 408 g/mol. The summed E-state index contributed by atoms with van der Waals surface area (Å²) in [6.45, 7) is 0.991. The SMILES string of the molecule is CS(=O)(=O)c1cccc(-c2n[nH]c3ccc(-c4nc(C5CCCN5)n[nH]4)cc23)c1. The second kappa shape index (κ2) is 6.78. The molecule has 4 aromatic rings. The van der Waals surface area contributed by atoms with Gasteiger partial charge in [-0.25, -0.2) is 13.4 Å². The van der Waals surface area contributed by atoms with E-state index in [9.17, 15) is 8.42 Å². The highest BCUT2D eigenvalue weighted by atomic mass is 32.2. The zero-order valence-corrected chi connectivity index (χ0v) is 16.6. The van der Waals surface area contributed by atoms with Gasteiger partial charge in [0, 0.05) is 22.8 Å². The Kier molecular flexibility index (Phi) is 4.21. The molecule has 2 aromatic carbocycles. The lowest BCUT2D eigenvalue weighted by Gasteiger charge is -2.04. The summed E-state index contributed by atoms with van der Waals surface area (Å²) in [4.78, 5) is 4.93. The first-order valence-corrected chi connectivity index (χ1v) is 11.3. The van der Waals surface area contributed by atoms with Gasteiger partial charge in [0.05, 0.1) is 22.1 Å². The zero-order valence-electron chi connectivity index (χ0n) is 15.8. The molecule has 0 bridgehead atoms. The van der Waals surface area contributed by atoms with Crippen LogP contribution in [0.4, 0.5) is 0 Å². The quantitative estimate of drug-likeness (QED) is 0.478. The zero-order chi connectivity index (χ0) is 20.0. The third-order valence-electron chi connectivity index (χ3n) is 5.25. The van der Waals surface area contributed by atoms with Crippen molar-refractivity contribution in [2.24, 2.45) is 0 Å². The van der Waals surface area contributed by atoms with Crippen LogP contribution in [0.15, 0.2) is 47.4 Å². The second-order valence-corrected chi connectivity index (χ2v) is 9.34. The van der Waals surface area contributed by atoms with Gasteiger partial charge in [-0.05, 0) is 49.7 Å². The van der Waals surface area contributed by atoms with Crippen molar-refractivity contribution in [1.82, 2.24) is 30.7 Å². The van der Waals surface area contributed by atoms with Crippen LogP contribution in [-0.4, -0.2) is 46.6 Å². The fraction of sp³-hybridized carbons (Fsp3) is 0.250. The number of benzene rings is 2. The summed E-state index contributed by atoms with van der Waals surface area (Å²) in [7, 11) is -3.29. The van der Waals surface area contributed by atoms with Gasteiger partial charge in [-0.1, -0.05) is 12.1 Å². The Balaban J connectivity index is 1.56. The molecule has 1 aliphatic rings. The lowest BCUT2D eigenvalue weighted by molar-refractivity contribution is 0.602. The summed E-state index contributed by atoms with van der Waals surface area (Å²) >= 11 is 0. The van der Waals surface area contributed by atoms with Gasteiger partial charge in [-0.2, -0.15) is 10.2 Å². The van der Waals surface area contributed by atoms with Crippen LogP contribution in [0.25, 0.3) is 33.5 Å². The molecule has 1 unspecified atom stereocenters. The van der Waals surface area contributed by atoms with E-state index in [4.69, 9.17) is 0 Å². The lowest BCUT2D eigenvalue weighted by atomic mass is 10.1. The summed E-state index contributed by atoms with van der Waals surface area (Å²) in [6, 6.07) is 12.9. The number of sulfone groups is 1. The van der Waals surface area contributed by atoms with Gasteiger partial charge in [0.25, 0.3) is 0 Å². The number of nitrogens with one attached hydrogen (secondary N) is 3. The van der Waals surface area contributed by atoms with Crippen LogP contribution >= 0.6 is 0 Å². The highest BCUT2D eigenvalue weighted by Crippen LogP contribution is 2.31. The van der Waals surface area contributed by atoms with Crippen LogP contribution in [0, 0.1) is 0 Å². The largest absolute Gasteiger partial charge is 0.307 e. The number of hydrogen-bond acceptors (Lipinski definition) is 6. The molecule has 1 atom stereocenters. The minimum absolute atomic E-state index is 0.201. The number of nitrogens with zero attached hydrogens (tertiary/aromatic N) is 3. The van der Waals surface area contributed by atoms with Crippen LogP contribution < -0.4 is 5.32 Å². The van der Waals surface area contributed by atoms with E-state index < -0.39 is 9.84 Å². The Morgan fingerprint density at radius 2 is 1.93 bits per heavy atom. The number of aromatic nitrogens is 5. The molecular weight excluding hydrogens is 388 g/mol. The van der Waals surface area contributed by atoms with Crippen LogP contribution in [0.5, 0.6) is 0 Å². The predicted octanol–water partition coefficient (Wildman–Crippen LogP) is 2.84. The van der Waals surface area contributed by atoms with Crippen LogP contribution in [0.3, 0.4) is 0 Å². The molecule has 1 aliphatic heterocycles. The number of rotatable bonds is 4. The molecule has 0 aliphatic carbocycles. The summed E-state index contributed by atoms with van der Waals surface area (Å²) in [5.41, 5.74) is 3.20. The minimum Gasteiger partial charge on any atom is -0.307 e. The van der Waals surface area contributed by atoms with Crippen molar-refractivity contribution in [2.75, 3.05) is 12.8 Å². The van der Waals surface area contributed by atoms with Gasteiger partial charge >= 0.3 is 0 Å². The third kappa shape index (κ3) is 3.32. The Morgan fingerprint density at radius 1 is 1.03 bits per heavy atom. The standard InChI is InChI=1S/C20H20N6O2S/c1-29(27,28)14-5-2-4-12(10-14)18-15-11-13(7-8-16(15)23-24-18)19-22-20(26-25-19)17-6-3-9-21-17/h2,4-5,7-8,10-11,17,21H,3,6,9H2,1H3,(H,23,24)(H,22,25,26). The number of aromatic amines is 2. The van der Waals surface area contributed by atoms with E-state index in [0.717, 1.165) is 47.2 Å². The van der Waals surface area contributed by atoms with E-state index in [0.29, 0.717) is 11.5 Å². The number of hydrogen-bond donors (Lipinski definition) is 3. The molecule has 5 rings (SSSR count). The van der Waals surface area contributed by atoms with Gasteiger partial charge < -0.3 is 5.32 Å². The molecular formula is C20H20N6O2S. The first kappa shape index (κ1) is 18.0. The van der Waals surface area contributed by atoms with E-state index >= 15 is 0 Å². The molecule has 29 heavy (non-hydrogen) atoms. The maximum Gasteiger partial charge on any atom is 0.175 e. The molecule has 0 amide bonds. The Bertz CT molecular complexity index is 1300. The molecule has 0 radical (unpaired) electrons. The van der Waals surface area contributed by atoms with Crippen molar-refractivity contribution >= 4 is 20.7 Å². The van der Waals surface area contributed by atoms with Gasteiger partial charge in [0.1, 0.15) is 0 Å². The van der Waals surface area contributed by atoms with Crippen LogP contribution in [0.1, 0.15) is 24.7 Å². The summed E-state index contributed by atoms with van der Waals surface area (Å²) in [5, 5.41) is 19.1. The molecule has 1 fully saturated rings. The summed E-state index contributed by atoms with van der Waals surface area (Å²) < 4.78 is 23.8. The molecule has 1 saturated heterocycles. The predicted molar refractivity (Wildman–Crippen MR) is 110 cm³/mol. The number of H-pyrrole nitrogens is 2. The lowest BCUT2D eigenvalue weighted by Crippen LogP contribution is -2.14. The van der Waals surface area contributed by atoms with Crippen molar-refractivity contribution in [1.29, 1.82) is 0 Å². The highest BCUT2D eigenvalue weighted by Gasteiger charge is 2.21. The molecule has 0 saturated carbocycles. The Hall–Kier alpha value is -3.04. The molecule has 0 spiro atoms. The second-order valence-electron chi connectivity index (χ2n) is 7.32. The van der Waals surface area contributed by atoms with Gasteiger partial charge in [-0.15, -0.1) is 0 Å². The first-order chi connectivity index (χ1) is 14.0. The molecule has 148 valence electrons. The minimum atomic E-state index is -3.29. The third-order valence-corrected chi connectivity index (χ3v) is 6.36. The van der Waals surface area contributed by atoms with Crippen molar-refractivity contribution in [3.8, 4) is 22.6 Å². The Morgan fingerprint density at radius 3 is 2.72 bits per heavy atom. The fourth-order valence-electron chi connectivity index (χ4n) is 3.72. The van der Waals surface area contributed by atoms with Crippen molar-refractivity contribution in [3.05, 3.63) is 48.3 Å². The van der Waals surface area contributed by atoms with Gasteiger partial charge in [0.2, 0.25) is 0 Å². The summed E-state index contributed by atoms with van der Waals surface area (Å²) in [6.07, 6.45) is 3.37. The molecule has 9 heteroatoms.